The number of carbonyl (C=O) groups excluding carboxylic acids is 1. The first-order chi connectivity index (χ1) is 14.3. The molecule has 2 rings (SSSR count). The minimum absolute atomic E-state index is 0.194. The summed E-state index contributed by atoms with van der Waals surface area (Å²) >= 11 is 0. The molecule has 1 amide bonds. The molecule has 1 aliphatic rings. The van der Waals surface area contributed by atoms with Crippen LogP contribution < -0.4 is 5.32 Å². The van der Waals surface area contributed by atoms with Gasteiger partial charge in [0.05, 0.1) is 23.6 Å². The number of nitrogens with one attached hydrogen (secondary N) is 1. The fraction of sp³-hybridized carbons (Fsp3) is 0.556. The van der Waals surface area contributed by atoms with E-state index in [9.17, 15) is 38.4 Å². The van der Waals surface area contributed by atoms with E-state index in [1.165, 1.54) is 24.3 Å². The zero-order valence-electron chi connectivity index (χ0n) is 16.7. The Bertz CT molecular complexity index is 904. The van der Waals surface area contributed by atoms with Crippen LogP contribution >= 0.6 is 0 Å². The molecule has 0 aliphatic carbocycles. The second-order valence-electron chi connectivity index (χ2n) is 7.28. The van der Waals surface area contributed by atoms with E-state index in [4.69, 9.17) is 14.0 Å². The van der Waals surface area contributed by atoms with Crippen molar-refractivity contribution in [3.8, 4) is 0 Å². The Hall–Kier alpha value is -2.13. The number of hydrogen-bond acceptors (Lipinski definition) is 10. The molecule has 31 heavy (non-hydrogen) atoms. The highest BCUT2D eigenvalue weighted by Crippen LogP contribution is 2.30. The minimum Gasteiger partial charge on any atom is -0.477 e. The second kappa shape index (κ2) is 9.56. The van der Waals surface area contributed by atoms with Crippen molar-refractivity contribution in [3.63, 3.8) is 0 Å². The monoisotopic (exact) mass is 463 g/mol. The van der Waals surface area contributed by atoms with E-state index < -0.39 is 71.3 Å². The Morgan fingerprint density at radius 1 is 1.29 bits per heavy atom. The molecule has 6 atom stereocenters. The maximum absolute atomic E-state index is 12.2. The normalized spacial score (nSPS) is 28.5. The molecule has 6 N–H and O–H groups in total. The number of carboxylic acid groups (broad SMARTS) is 1. The number of benzene rings is 1. The number of aliphatic carboxylic acids is 1. The van der Waals surface area contributed by atoms with E-state index >= 15 is 0 Å². The molecule has 13 heteroatoms. The zero-order chi connectivity index (χ0) is 23.6. The third kappa shape index (κ3) is 5.98. The van der Waals surface area contributed by atoms with E-state index in [0.717, 1.165) is 12.5 Å². The van der Waals surface area contributed by atoms with Crippen molar-refractivity contribution < 1.29 is 52.5 Å². The average Bonchev–Trinajstić information content (AvgIpc) is 2.67. The van der Waals surface area contributed by atoms with Crippen LogP contribution in [0.3, 0.4) is 0 Å². The Balaban J connectivity index is 2.17. The van der Waals surface area contributed by atoms with Crippen LogP contribution in [0.4, 0.5) is 0 Å². The first-order valence-electron chi connectivity index (χ1n) is 9.18. The Kier molecular flexibility index (Phi) is 7.75. The van der Waals surface area contributed by atoms with Gasteiger partial charge in [-0.05, 0) is 19.1 Å². The third-order valence-corrected chi connectivity index (χ3v) is 6.02. The molecule has 1 heterocycles. The Morgan fingerprint density at radius 3 is 2.39 bits per heavy atom. The smallest absolute Gasteiger partial charge is 0.364 e. The second-order valence-corrected chi connectivity index (χ2v) is 8.89. The molecule has 1 aromatic carbocycles. The SMILES string of the molecule is CC(=O)N[C@@H]1C(O)C[C@@](O)(C(=O)O)OC1[C@H](O)[C@H](O)COS(=O)(=O)c1ccc(C)cc1. The number of aliphatic hydroxyl groups excluding tert-OH is 3. The predicted molar refractivity (Wildman–Crippen MR) is 102 cm³/mol. The van der Waals surface area contributed by atoms with Gasteiger partial charge in [-0.15, -0.1) is 0 Å². The molecule has 1 saturated heterocycles. The van der Waals surface area contributed by atoms with Crippen molar-refractivity contribution in [1.29, 1.82) is 0 Å². The van der Waals surface area contributed by atoms with Gasteiger partial charge in [-0.2, -0.15) is 8.42 Å². The molecule has 0 radical (unpaired) electrons. The standard InChI is InChI=1S/C18H25NO11S/c1-9-3-5-11(6-4-9)31(27,28)29-8-13(22)15(23)16-14(19-10(2)20)12(21)7-18(26,30-16)17(24)25/h3-6,12-16,21-23,26H,7-8H2,1-2H3,(H,19,20)(H,24,25)/t12?,13-,14-,15-,16?,18+/m1/s1. The Morgan fingerprint density at radius 2 is 1.87 bits per heavy atom. The highest BCUT2D eigenvalue weighted by atomic mass is 32.2. The van der Waals surface area contributed by atoms with Crippen molar-refractivity contribution in [2.45, 2.75) is 61.4 Å². The molecule has 0 saturated carbocycles. The fourth-order valence-electron chi connectivity index (χ4n) is 3.06. The molecule has 0 bridgehead atoms. The van der Waals surface area contributed by atoms with Gasteiger partial charge in [0.15, 0.2) is 0 Å². The van der Waals surface area contributed by atoms with Crippen LogP contribution in [0.2, 0.25) is 0 Å². The van der Waals surface area contributed by atoms with Gasteiger partial charge < -0.3 is 35.6 Å². The molecule has 2 unspecified atom stereocenters. The first-order valence-corrected chi connectivity index (χ1v) is 10.6. The third-order valence-electron chi connectivity index (χ3n) is 4.72. The average molecular weight is 463 g/mol. The van der Waals surface area contributed by atoms with Crippen molar-refractivity contribution in [2.24, 2.45) is 0 Å². The lowest BCUT2D eigenvalue weighted by Gasteiger charge is -2.44. The van der Waals surface area contributed by atoms with Crippen LogP contribution in [0.1, 0.15) is 18.9 Å². The molecule has 174 valence electrons. The van der Waals surface area contributed by atoms with Gasteiger partial charge in [-0.3, -0.25) is 8.98 Å². The minimum atomic E-state index is -4.29. The first kappa shape index (κ1) is 25.1. The summed E-state index contributed by atoms with van der Waals surface area (Å²) in [6.07, 6.45) is -8.31. The number of ether oxygens (including phenoxy) is 1. The van der Waals surface area contributed by atoms with Crippen LogP contribution in [0.5, 0.6) is 0 Å². The summed E-state index contributed by atoms with van der Waals surface area (Å²) in [7, 11) is -4.29. The molecule has 12 nitrogen and oxygen atoms in total. The highest BCUT2D eigenvalue weighted by Gasteiger charge is 2.54. The number of hydrogen-bond donors (Lipinski definition) is 6. The van der Waals surface area contributed by atoms with Crippen molar-refractivity contribution in [3.05, 3.63) is 29.8 Å². The zero-order valence-corrected chi connectivity index (χ0v) is 17.5. The summed E-state index contributed by atoms with van der Waals surface area (Å²) in [5.74, 6) is -5.44. The van der Waals surface area contributed by atoms with Gasteiger partial charge in [-0.1, -0.05) is 17.7 Å². The number of rotatable bonds is 8. The topological polar surface area (TPSA) is 200 Å². The van der Waals surface area contributed by atoms with Crippen molar-refractivity contribution in [1.82, 2.24) is 5.32 Å². The van der Waals surface area contributed by atoms with E-state index in [1.54, 1.807) is 6.92 Å². The Labute approximate surface area is 178 Å². The summed E-state index contributed by atoms with van der Waals surface area (Å²) < 4.78 is 34.2. The summed E-state index contributed by atoms with van der Waals surface area (Å²) in [5.41, 5.74) is 0.803. The van der Waals surface area contributed by atoms with Gasteiger partial charge >= 0.3 is 5.97 Å². The fourth-order valence-corrected chi connectivity index (χ4v) is 3.98. The van der Waals surface area contributed by atoms with E-state index in [2.05, 4.69) is 5.32 Å². The van der Waals surface area contributed by atoms with Crippen molar-refractivity contribution in [2.75, 3.05) is 6.61 Å². The van der Waals surface area contributed by atoms with E-state index in [1.807, 2.05) is 0 Å². The van der Waals surface area contributed by atoms with Crippen molar-refractivity contribution >= 4 is 22.0 Å². The van der Waals surface area contributed by atoms with E-state index in [-0.39, 0.29) is 4.90 Å². The van der Waals surface area contributed by atoms with Gasteiger partial charge in [0.1, 0.15) is 18.3 Å². The summed E-state index contributed by atoms with van der Waals surface area (Å²) in [6.45, 7) is 1.88. The van der Waals surface area contributed by atoms with E-state index in [0.29, 0.717) is 0 Å². The van der Waals surface area contributed by atoms with Gasteiger partial charge in [0.25, 0.3) is 15.9 Å². The van der Waals surface area contributed by atoms with Crippen LogP contribution in [0.15, 0.2) is 29.2 Å². The van der Waals surface area contributed by atoms with Crippen LogP contribution in [0, 0.1) is 6.92 Å². The van der Waals surface area contributed by atoms with Gasteiger partial charge in [0.2, 0.25) is 5.91 Å². The summed E-state index contributed by atoms with van der Waals surface area (Å²) in [6, 6.07) is 4.23. The molecule has 1 aliphatic heterocycles. The van der Waals surface area contributed by atoms with Crippen LogP contribution in [0.25, 0.3) is 0 Å². The number of aryl methyl sites for hydroxylation is 1. The highest BCUT2D eigenvalue weighted by molar-refractivity contribution is 7.86. The van der Waals surface area contributed by atoms with Gasteiger partial charge in [-0.25, -0.2) is 4.79 Å². The maximum atomic E-state index is 12.2. The molecular weight excluding hydrogens is 438 g/mol. The molecule has 0 spiro atoms. The number of carboxylic acids is 1. The summed E-state index contributed by atoms with van der Waals surface area (Å²) in [5, 5.41) is 52.4. The van der Waals surface area contributed by atoms with Crippen LogP contribution in [-0.4, -0.2) is 88.7 Å². The summed E-state index contributed by atoms with van der Waals surface area (Å²) in [4.78, 5) is 22.5. The van der Waals surface area contributed by atoms with Crippen LogP contribution in [-0.2, 0) is 28.6 Å². The lowest BCUT2D eigenvalue weighted by molar-refractivity contribution is -0.294. The van der Waals surface area contributed by atoms with Gasteiger partial charge in [0, 0.05) is 13.3 Å². The molecule has 0 aromatic heterocycles. The largest absolute Gasteiger partial charge is 0.477 e. The molecule has 1 fully saturated rings. The molecular formula is C18H25NO11S. The lowest BCUT2D eigenvalue weighted by Crippen LogP contribution is -2.67. The predicted octanol–water partition coefficient (Wildman–Crippen LogP) is -2.15. The number of carbonyl (C=O) groups is 2. The maximum Gasteiger partial charge on any atom is 0.364 e. The lowest BCUT2D eigenvalue weighted by atomic mass is 9.88. The quantitative estimate of drug-likeness (QED) is 0.230. The number of aliphatic hydroxyl groups is 4. The number of amides is 1. The molecule has 1 aromatic rings.